The summed E-state index contributed by atoms with van der Waals surface area (Å²) in [6, 6.07) is -0.804. The van der Waals surface area contributed by atoms with Crippen LogP contribution in [-0.2, 0) is 23.8 Å². The number of hydrogen-bond acceptors (Lipinski definition) is 10. The molecule has 7 unspecified atom stereocenters. The Morgan fingerprint density at radius 3 is 0.979 bits per heavy atom. The fraction of sp³-hybridized carbons (Fsp3) is 0.952. The summed E-state index contributed by atoms with van der Waals surface area (Å²) in [7, 11) is 0. The molecule has 1 amide bonds. The van der Waals surface area contributed by atoms with Gasteiger partial charge in [0.1, 0.15) is 24.4 Å². The maximum Gasteiger partial charge on any atom is 0.305 e. The summed E-state index contributed by atoms with van der Waals surface area (Å²) in [4.78, 5) is 25.2. The van der Waals surface area contributed by atoms with Crippen molar-refractivity contribution in [2.75, 3.05) is 19.8 Å². The lowest BCUT2D eigenvalue weighted by Gasteiger charge is -2.40. The number of allylic oxidation sites excluding steroid dienone is 1. The van der Waals surface area contributed by atoms with Crippen molar-refractivity contribution in [1.82, 2.24) is 5.32 Å². The molecule has 1 aliphatic heterocycles. The van der Waals surface area contributed by atoms with Crippen LogP contribution in [0.15, 0.2) is 12.2 Å². The zero-order valence-electron chi connectivity index (χ0n) is 63.2. The Hall–Kier alpha value is -1.60. The molecule has 0 aromatic carbocycles. The topological polar surface area (TPSA) is 175 Å². The van der Waals surface area contributed by atoms with Crippen LogP contribution in [0.2, 0.25) is 0 Å². The number of esters is 1. The van der Waals surface area contributed by atoms with Gasteiger partial charge in [0.05, 0.1) is 32.0 Å². The third kappa shape index (κ3) is 62.0. The molecule has 0 aliphatic carbocycles. The van der Waals surface area contributed by atoms with E-state index in [-0.39, 0.29) is 18.5 Å². The number of unbranched alkanes of at least 4 members (excludes halogenated alkanes) is 63. The molecule has 95 heavy (non-hydrogen) atoms. The normalized spacial score (nSPS) is 17.3. The summed E-state index contributed by atoms with van der Waals surface area (Å²) in [6.07, 6.45) is 84.2. The van der Waals surface area contributed by atoms with Crippen molar-refractivity contribution in [2.45, 2.75) is 493 Å². The van der Waals surface area contributed by atoms with Crippen molar-refractivity contribution in [1.29, 1.82) is 0 Å². The Labute approximate surface area is 589 Å². The Bertz CT molecular complexity index is 1580. The van der Waals surface area contributed by atoms with Crippen LogP contribution < -0.4 is 5.32 Å². The minimum atomic E-state index is -1.57. The van der Waals surface area contributed by atoms with Crippen molar-refractivity contribution < 1.29 is 49.3 Å². The number of aliphatic hydroxyl groups is 5. The molecule has 1 fully saturated rings. The van der Waals surface area contributed by atoms with E-state index in [2.05, 4.69) is 19.2 Å². The summed E-state index contributed by atoms with van der Waals surface area (Å²) in [5.41, 5.74) is 0. The lowest BCUT2D eigenvalue weighted by Crippen LogP contribution is -2.60. The van der Waals surface area contributed by atoms with Crippen LogP contribution in [0, 0.1) is 0 Å². The molecule has 11 heteroatoms. The molecule has 0 bridgehead atoms. The van der Waals surface area contributed by atoms with Gasteiger partial charge >= 0.3 is 5.97 Å². The fourth-order valence-electron chi connectivity index (χ4n) is 14.0. The van der Waals surface area contributed by atoms with Gasteiger partial charge in [-0.05, 0) is 32.1 Å². The van der Waals surface area contributed by atoms with Crippen LogP contribution in [0.1, 0.15) is 450 Å². The number of aliphatic hydroxyl groups excluding tert-OH is 5. The van der Waals surface area contributed by atoms with Gasteiger partial charge in [-0.15, -0.1) is 0 Å². The number of rotatable bonds is 77. The average molecular weight is 1350 g/mol. The first-order valence-corrected chi connectivity index (χ1v) is 42.5. The molecule has 6 N–H and O–H groups in total. The second-order valence-corrected chi connectivity index (χ2v) is 29.9. The summed E-state index contributed by atoms with van der Waals surface area (Å²) in [6.45, 7) is 4.41. The third-order valence-corrected chi connectivity index (χ3v) is 20.7. The largest absolute Gasteiger partial charge is 0.466 e. The summed E-state index contributed by atoms with van der Waals surface area (Å²) < 4.78 is 16.8. The van der Waals surface area contributed by atoms with Crippen molar-refractivity contribution in [2.24, 2.45) is 0 Å². The number of carbonyl (C=O) groups is 2. The predicted molar refractivity (Wildman–Crippen MR) is 403 cm³/mol. The van der Waals surface area contributed by atoms with E-state index in [0.717, 1.165) is 51.4 Å². The standard InChI is InChI=1S/C84H163NO10/c1-3-5-7-9-11-13-15-17-18-45-48-52-56-60-64-68-72-80(89)93-73-69-65-61-57-53-49-46-43-41-39-37-35-33-31-29-27-25-23-21-19-20-22-24-26-28-30-32-34-36-38-40-42-44-47-51-55-59-63-67-71-79(88)85-76(75-94-84-83(92)82(91)81(90)78(74-86)95-84)77(87)70-66-62-58-54-50-16-14-12-10-8-6-4-2/h66,70,76-78,81-84,86-87,90-92H,3-65,67-69,71-75H2,1-2H3,(H,85,88)/b70-66+. The SMILES string of the molecule is CCCCCCCCCCCC/C=C/C(O)C(COC1OC(CO)C(O)C(O)C1O)NC(=O)CCCCCCCCCCCCCCCCCCCCCCCCCCCCCCCCCCCCCCCCCOC(=O)CCCCCCCCCCCCCCCCCC. The van der Waals surface area contributed by atoms with Crippen LogP contribution in [-0.4, -0.2) is 100 Å². The Kier molecular flexibility index (Phi) is 70.8. The molecule has 0 spiro atoms. The maximum absolute atomic E-state index is 13.1. The van der Waals surface area contributed by atoms with Crippen LogP contribution in [0.25, 0.3) is 0 Å². The molecule has 0 saturated carbocycles. The maximum atomic E-state index is 13.1. The van der Waals surface area contributed by atoms with Crippen LogP contribution in [0.4, 0.5) is 0 Å². The van der Waals surface area contributed by atoms with E-state index < -0.39 is 49.5 Å². The molecule has 0 aromatic heterocycles. The van der Waals surface area contributed by atoms with E-state index in [4.69, 9.17) is 14.2 Å². The first-order chi connectivity index (χ1) is 46.7. The van der Waals surface area contributed by atoms with Crippen LogP contribution >= 0.6 is 0 Å². The number of carbonyl (C=O) groups excluding carboxylic acids is 2. The zero-order valence-corrected chi connectivity index (χ0v) is 63.2. The Morgan fingerprint density at radius 2 is 0.663 bits per heavy atom. The number of amides is 1. The van der Waals surface area contributed by atoms with Gasteiger partial charge in [0.25, 0.3) is 0 Å². The van der Waals surface area contributed by atoms with Gasteiger partial charge < -0.3 is 45.1 Å². The molecular weight excluding hydrogens is 1180 g/mol. The zero-order chi connectivity index (χ0) is 68.6. The van der Waals surface area contributed by atoms with Gasteiger partial charge in [0.2, 0.25) is 5.91 Å². The molecule has 564 valence electrons. The van der Waals surface area contributed by atoms with E-state index in [0.29, 0.717) is 19.4 Å². The molecule has 1 heterocycles. The van der Waals surface area contributed by atoms with Gasteiger partial charge in [-0.1, -0.05) is 418 Å². The second kappa shape index (κ2) is 73.6. The molecule has 0 radical (unpaired) electrons. The average Bonchev–Trinajstić information content (AvgIpc) is 0.850. The highest BCUT2D eigenvalue weighted by Crippen LogP contribution is 2.24. The minimum Gasteiger partial charge on any atom is -0.466 e. The van der Waals surface area contributed by atoms with E-state index >= 15 is 0 Å². The molecule has 7 atom stereocenters. The first-order valence-electron chi connectivity index (χ1n) is 42.5. The van der Waals surface area contributed by atoms with Crippen LogP contribution in [0.3, 0.4) is 0 Å². The van der Waals surface area contributed by atoms with E-state index in [1.807, 2.05) is 6.08 Å². The minimum absolute atomic E-state index is 0.0231. The predicted octanol–water partition coefficient (Wildman–Crippen LogP) is 23.3. The fourth-order valence-corrected chi connectivity index (χ4v) is 14.0. The number of nitrogens with one attached hydrogen (secondary N) is 1. The molecule has 1 rings (SSSR count). The third-order valence-electron chi connectivity index (χ3n) is 20.7. The van der Waals surface area contributed by atoms with Gasteiger partial charge in [0, 0.05) is 12.8 Å². The smallest absolute Gasteiger partial charge is 0.305 e. The van der Waals surface area contributed by atoms with Crippen molar-refractivity contribution in [3.8, 4) is 0 Å². The van der Waals surface area contributed by atoms with Gasteiger partial charge in [-0.25, -0.2) is 0 Å². The lowest BCUT2D eigenvalue weighted by molar-refractivity contribution is -0.302. The summed E-state index contributed by atoms with van der Waals surface area (Å²) in [5.74, 6) is -0.150. The van der Waals surface area contributed by atoms with Gasteiger partial charge in [0.15, 0.2) is 6.29 Å². The van der Waals surface area contributed by atoms with E-state index in [1.54, 1.807) is 6.08 Å². The summed E-state index contributed by atoms with van der Waals surface area (Å²) >= 11 is 0. The van der Waals surface area contributed by atoms with E-state index in [9.17, 15) is 35.1 Å². The van der Waals surface area contributed by atoms with Gasteiger partial charge in [-0.2, -0.15) is 0 Å². The molecular formula is C84H163NO10. The highest BCUT2D eigenvalue weighted by molar-refractivity contribution is 5.76. The highest BCUT2D eigenvalue weighted by Gasteiger charge is 2.44. The molecule has 1 saturated heterocycles. The van der Waals surface area contributed by atoms with Gasteiger partial charge in [-0.3, -0.25) is 9.59 Å². The Morgan fingerprint density at radius 1 is 0.379 bits per heavy atom. The molecule has 1 aliphatic rings. The monoisotopic (exact) mass is 1350 g/mol. The quantitative estimate of drug-likeness (QED) is 0.0195. The number of ether oxygens (including phenoxy) is 3. The Balaban J connectivity index is 1.84. The van der Waals surface area contributed by atoms with Crippen molar-refractivity contribution in [3.05, 3.63) is 12.2 Å². The second-order valence-electron chi connectivity index (χ2n) is 29.9. The molecule has 11 nitrogen and oxygen atoms in total. The summed E-state index contributed by atoms with van der Waals surface area (Å²) in [5, 5.41) is 54.6. The van der Waals surface area contributed by atoms with Crippen molar-refractivity contribution in [3.63, 3.8) is 0 Å². The van der Waals surface area contributed by atoms with Crippen molar-refractivity contribution >= 4 is 11.9 Å². The highest BCUT2D eigenvalue weighted by atomic mass is 16.7. The number of hydrogen-bond donors (Lipinski definition) is 6. The van der Waals surface area contributed by atoms with E-state index in [1.165, 1.54) is 372 Å². The van der Waals surface area contributed by atoms with Crippen LogP contribution in [0.5, 0.6) is 0 Å². The lowest BCUT2D eigenvalue weighted by atomic mass is 9.99. The molecule has 0 aromatic rings. The first kappa shape index (κ1) is 91.4.